The average molecular weight is 248 g/mol. The fourth-order valence-corrected chi connectivity index (χ4v) is 1.81. The van der Waals surface area contributed by atoms with Gasteiger partial charge in [0.2, 0.25) is 0 Å². The highest BCUT2D eigenvalue weighted by atomic mass is 13.9. The Hall–Kier alpha value is -0.780. The predicted octanol–water partition coefficient (Wildman–Crippen LogP) is 6.60. The van der Waals surface area contributed by atoms with E-state index in [1.54, 1.807) is 0 Å². The summed E-state index contributed by atoms with van der Waals surface area (Å²) in [5.41, 5.74) is 0. The first-order chi connectivity index (χ1) is 8.91. The molecule has 0 aromatic heterocycles. The Morgan fingerprint density at radius 3 is 1.67 bits per heavy atom. The van der Waals surface area contributed by atoms with E-state index in [0.717, 1.165) is 12.8 Å². The topological polar surface area (TPSA) is 0 Å². The highest BCUT2D eigenvalue weighted by Gasteiger charge is 1.85. The molecule has 0 atom stereocenters. The van der Waals surface area contributed by atoms with Gasteiger partial charge in [-0.15, -0.1) is 0 Å². The second-order valence-electron chi connectivity index (χ2n) is 4.88. The zero-order valence-electron chi connectivity index (χ0n) is 12.5. The fraction of sp³-hybridized carbons (Fsp3) is 0.667. The summed E-state index contributed by atoms with van der Waals surface area (Å²) < 4.78 is 0. The van der Waals surface area contributed by atoms with Crippen molar-refractivity contribution in [3.8, 4) is 0 Å². The summed E-state index contributed by atoms with van der Waals surface area (Å²) in [6.07, 6.45) is 26.5. The summed E-state index contributed by atoms with van der Waals surface area (Å²) in [7, 11) is 0. The van der Waals surface area contributed by atoms with Gasteiger partial charge in [0, 0.05) is 0 Å². The van der Waals surface area contributed by atoms with E-state index in [9.17, 15) is 0 Å². The Morgan fingerprint density at radius 2 is 1.06 bits per heavy atom. The standard InChI is InChI=1S/C18H32/c1-3-5-7-9-11-13-15-17-18-16-14-12-10-8-6-4-2/h7,9,13,15-16,18H,3-6,8,10-12,14,17H2,1-2H3/b9-7-,15-13-,18-16-. The van der Waals surface area contributed by atoms with Crippen molar-refractivity contribution >= 4 is 0 Å². The minimum atomic E-state index is 1.09. The summed E-state index contributed by atoms with van der Waals surface area (Å²) in [6.45, 7) is 4.48. The number of rotatable bonds is 12. The second-order valence-corrected chi connectivity index (χ2v) is 4.88. The van der Waals surface area contributed by atoms with E-state index in [1.807, 2.05) is 0 Å². The van der Waals surface area contributed by atoms with E-state index in [2.05, 4.69) is 50.3 Å². The maximum Gasteiger partial charge on any atom is -0.0169 e. The van der Waals surface area contributed by atoms with E-state index in [-0.39, 0.29) is 0 Å². The highest BCUT2D eigenvalue weighted by Crippen LogP contribution is 2.05. The zero-order valence-corrected chi connectivity index (χ0v) is 12.5. The summed E-state index contributed by atoms with van der Waals surface area (Å²) >= 11 is 0. The molecule has 0 heterocycles. The number of hydrogen-bond acceptors (Lipinski definition) is 0. The molecule has 0 spiro atoms. The van der Waals surface area contributed by atoms with Gasteiger partial charge >= 0.3 is 0 Å². The maximum atomic E-state index is 2.34. The van der Waals surface area contributed by atoms with E-state index < -0.39 is 0 Å². The lowest BCUT2D eigenvalue weighted by Gasteiger charge is -1.95. The lowest BCUT2D eigenvalue weighted by molar-refractivity contribution is 0.637. The molecule has 0 bridgehead atoms. The fourth-order valence-electron chi connectivity index (χ4n) is 1.81. The van der Waals surface area contributed by atoms with E-state index in [0.29, 0.717) is 0 Å². The Bertz CT molecular complexity index is 220. The van der Waals surface area contributed by atoms with Crippen LogP contribution in [0.5, 0.6) is 0 Å². The minimum Gasteiger partial charge on any atom is -0.0882 e. The molecule has 0 unspecified atom stereocenters. The van der Waals surface area contributed by atoms with Crippen LogP contribution in [0.25, 0.3) is 0 Å². The molecule has 0 N–H and O–H groups in total. The first-order valence-electron chi connectivity index (χ1n) is 7.86. The molecule has 0 amide bonds. The van der Waals surface area contributed by atoms with Crippen molar-refractivity contribution in [2.75, 3.05) is 0 Å². The third kappa shape index (κ3) is 15.2. The van der Waals surface area contributed by atoms with Crippen LogP contribution in [0, 0.1) is 0 Å². The van der Waals surface area contributed by atoms with Crippen LogP contribution in [0.2, 0.25) is 0 Å². The van der Waals surface area contributed by atoms with Gasteiger partial charge in [0.05, 0.1) is 0 Å². The summed E-state index contributed by atoms with van der Waals surface area (Å²) in [5, 5.41) is 0. The van der Waals surface area contributed by atoms with E-state index in [1.165, 1.54) is 51.4 Å². The van der Waals surface area contributed by atoms with Crippen molar-refractivity contribution < 1.29 is 0 Å². The van der Waals surface area contributed by atoms with Gasteiger partial charge in [-0.2, -0.15) is 0 Å². The van der Waals surface area contributed by atoms with Crippen LogP contribution in [0.4, 0.5) is 0 Å². The van der Waals surface area contributed by atoms with Crippen molar-refractivity contribution in [3.05, 3.63) is 36.5 Å². The monoisotopic (exact) mass is 248 g/mol. The quantitative estimate of drug-likeness (QED) is 0.270. The predicted molar refractivity (Wildman–Crippen MR) is 84.9 cm³/mol. The van der Waals surface area contributed by atoms with Crippen molar-refractivity contribution in [1.82, 2.24) is 0 Å². The van der Waals surface area contributed by atoms with Crippen LogP contribution in [0.3, 0.4) is 0 Å². The smallest absolute Gasteiger partial charge is 0.0169 e. The Morgan fingerprint density at radius 1 is 0.500 bits per heavy atom. The Balaban J connectivity index is 3.24. The summed E-state index contributed by atoms with van der Waals surface area (Å²) in [4.78, 5) is 0. The molecule has 0 rings (SSSR count). The van der Waals surface area contributed by atoms with Crippen LogP contribution in [0.15, 0.2) is 36.5 Å². The number of allylic oxidation sites excluding steroid dienone is 6. The second kappa shape index (κ2) is 16.2. The molecule has 0 aromatic carbocycles. The molecular formula is C18H32. The molecule has 0 saturated carbocycles. The molecule has 0 radical (unpaired) electrons. The van der Waals surface area contributed by atoms with Crippen LogP contribution in [0.1, 0.15) is 78.1 Å². The molecule has 0 aliphatic rings. The highest BCUT2D eigenvalue weighted by molar-refractivity contribution is 4.97. The normalized spacial score (nSPS) is 12.3. The van der Waals surface area contributed by atoms with Crippen molar-refractivity contribution in [1.29, 1.82) is 0 Å². The van der Waals surface area contributed by atoms with Gasteiger partial charge in [0.25, 0.3) is 0 Å². The molecule has 0 aliphatic carbocycles. The Labute approximate surface area is 115 Å². The van der Waals surface area contributed by atoms with Crippen LogP contribution < -0.4 is 0 Å². The largest absolute Gasteiger partial charge is 0.0882 e. The van der Waals surface area contributed by atoms with Crippen molar-refractivity contribution in [2.24, 2.45) is 0 Å². The molecule has 0 nitrogen and oxygen atoms in total. The molecule has 18 heavy (non-hydrogen) atoms. The molecule has 104 valence electrons. The molecule has 0 saturated heterocycles. The van der Waals surface area contributed by atoms with Gasteiger partial charge in [-0.25, -0.2) is 0 Å². The molecular weight excluding hydrogens is 216 g/mol. The zero-order chi connectivity index (χ0) is 13.3. The van der Waals surface area contributed by atoms with Gasteiger partial charge in [0.1, 0.15) is 0 Å². The number of hydrogen-bond donors (Lipinski definition) is 0. The van der Waals surface area contributed by atoms with E-state index in [4.69, 9.17) is 0 Å². The first kappa shape index (κ1) is 17.2. The van der Waals surface area contributed by atoms with Crippen LogP contribution in [-0.4, -0.2) is 0 Å². The van der Waals surface area contributed by atoms with Crippen molar-refractivity contribution in [2.45, 2.75) is 78.1 Å². The SMILES string of the molecule is CCC/C=C\C/C=C\C/C=C\CCCCCCC. The van der Waals surface area contributed by atoms with Gasteiger partial charge in [0.15, 0.2) is 0 Å². The van der Waals surface area contributed by atoms with Gasteiger partial charge in [-0.05, 0) is 32.1 Å². The maximum absolute atomic E-state index is 2.34. The van der Waals surface area contributed by atoms with Gasteiger partial charge in [-0.3, -0.25) is 0 Å². The lowest BCUT2D eigenvalue weighted by atomic mass is 10.1. The average Bonchev–Trinajstić information content (AvgIpc) is 2.39. The minimum absolute atomic E-state index is 1.09. The molecule has 0 heteroatoms. The van der Waals surface area contributed by atoms with Crippen LogP contribution in [-0.2, 0) is 0 Å². The van der Waals surface area contributed by atoms with Gasteiger partial charge in [-0.1, -0.05) is 82.4 Å². The summed E-state index contributed by atoms with van der Waals surface area (Å²) in [5.74, 6) is 0. The lowest BCUT2D eigenvalue weighted by Crippen LogP contribution is -1.75. The third-order valence-electron chi connectivity index (χ3n) is 2.97. The third-order valence-corrected chi connectivity index (χ3v) is 2.97. The Kier molecular flexibility index (Phi) is 15.5. The molecule has 0 aromatic rings. The molecule has 0 fully saturated rings. The number of unbranched alkanes of at least 4 members (excludes halogenated alkanes) is 6. The van der Waals surface area contributed by atoms with E-state index >= 15 is 0 Å². The summed E-state index contributed by atoms with van der Waals surface area (Å²) in [6, 6.07) is 0. The molecule has 0 aliphatic heterocycles. The van der Waals surface area contributed by atoms with Gasteiger partial charge < -0.3 is 0 Å². The van der Waals surface area contributed by atoms with Crippen molar-refractivity contribution in [3.63, 3.8) is 0 Å². The van der Waals surface area contributed by atoms with Crippen LogP contribution >= 0.6 is 0 Å². The first-order valence-corrected chi connectivity index (χ1v) is 7.86.